The zero-order chi connectivity index (χ0) is 26.6. The van der Waals surface area contributed by atoms with Crippen LogP contribution in [0.5, 0.6) is 0 Å². The summed E-state index contributed by atoms with van der Waals surface area (Å²) < 4.78 is 4.71. The maximum absolute atomic E-state index is 13.3. The number of rotatable bonds is 5. The van der Waals surface area contributed by atoms with Crippen molar-refractivity contribution < 1.29 is 15.0 Å². The van der Waals surface area contributed by atoms with Crippen LogP contribution in [0.2, 0.25) is 5.02 Å². The van der Waals surface area contributed by atoms with Gasteiger partial charge in [-0.25, -0.2) is 0 Å². The number of tetrazole rings is 1. The standard InChI is InChI=1S/C26H22ClN7O4/c1-32-20-6-3-17(8-15(20)10-23(32)26(37)38)29-25(36)22-7-4-18-9-14(11-24(35)34(18)22)19-12-16(27)2-5-21(19)33-13-28-30-31-33/h2-3,5-6,8-13,22,26,37-38H,4,7H2,1H3,(H,29,36). The summed E-state index contributed by atoms with van der Waals surface area (Å²) in [5.41, 5.74) is 4.17. The van der Waals surface area contributed by atoms with E-state index in [1.807, 2.05) is 6.07 Å². The summed E-state index contributed by atoms with van der Waals surface area (Å²) in [7, 11) is 1.74. The molecule has 11 nitrogen and oxygen atoms in total. The smallest absolute Gasteiger partial charge is 0.252 e. The Hall–Kier alpha value is -4.32. The summed E-state index contributed by atoms with van der Waals surface area (Å²) in [6, 6.07) is 15.0. The highest BCUT2D eigenvalue weighted by atomic mass is 35.5. The number of hydrogen-bond acceptors (Lipinski definition) is 7. The predicted molar refractivity (Wildman–Crippen MR) is 140 cm³/mol. The number of hydrogen-bond donors (Lipinski definition) is 3. The fourth-order valence-electron chi connectivity index (χ4n) is 5.13. The Morgan fingerprint density at radius 2 is 1.97 bits per heavy atom. The molecule has 1 atom stereocenters. The molecule has 1 amide bonds. The molecule has 38 heavy (non-hydrogen) atoms. The molecular formula is C26H22ClN7O4. The summed E-state index contributed by atoms with van der Waals surface area (Å²) in [4.78, 5) is 26.5. The largest absolute Gasteiger partial charge is 0.363 e. The maximum Gasteiger partial charge on any atom is 0.252 e. The average Bonchev–Trinajstić information content (AvgIpc) is 3.63. The lowest BCUT2D eigenvalue weighted by Crippen LogP contribution is -2.31. The van der Waals surface area contributed by atoms with Gasteiger partial charge in [-0.1, -0.05) is 11.6 Å². The second-order valence-electron chi connectivity index (χ2n) is 9.18. The second-order valence-corrected chi connectivity index (χ2v) is 9.62. The Labute approximate surface area is 220 Å². The van der Waals surface area contributed by atoms with Crippen molar-refractivity contribution in [3.8, 4) is 16.8 Å². The van der Waals surface area contributed by atoms with Crippen molar-refractivity contribution in [2.75, 3.05) is 5.32 Å². The van der Waals surface area contributed by atoms with Crippen LogP contribution in [0.4, 0.5) is 5.69 Å². The first-order valence-electron chi connectivity index (χ1n) is 11.9. The van der Waals surface area contributed by atoms with Gasteiger partial charge in [0.25, 0.3) is 5.56 Å². The quantitative estimate of drug-likeness (QED) is 0.296. The van der Waals surface area contributed by atoms with Gasteiger partial charge in [-0.2, -0.15) is 4.68 Å². The van der Waals surface area contributed by atoms with Gasteiger partial charge < -0.3 is 24.7 Å². The summed E-state index contributed by atoms with van der Waals surface area (Å²) in [6.07, 6.45) is 0.895. The van der Waals surface area contributed by atoms with Crippen LogP contribution in [0.3, 0.4) is 0 Å². The summed E-state index contributed by atoms with van der Waals surface area (Å²) in [5, 5.41) is 34.6. The van der Waals surface area contributed by atoms with Crippen molar-refractivity contribution in [3.63, 3.8) is 0 Å². The van der Waals surface area contributed by atoms with E-state index in [0.717, 1.165) is 16.6 Å². The third-order valence-corrected chi connectivity index (χ3v) is 7.15. The van der Waals surface area contributed by atoms with Gasteiger partial charge in [0.15, 0.2) is 6.29 Å². The number of aliphatic hydroxyl groups is 2. The Morgan fingerprint density at radius 1 is 1.13 bits per heavy atom. The maximum atomic E-state index is 13.3. The van der Waals surface area contributed by atoms with Crippen molar-refractivity contribution in [3.05, 3.63) is 87.7 Å². The number of fused-ring (bicyclic) bond motifs is 2. The molecule has 0 aliphatic carbocycles. The number of aromatic nitrogens is 6. The molecule has 192 valence electrons. The van der Waals surface area contributed by atoms with E-state index in [9.17, 15) is 19.8 Å². The van der Waals surface area contributed by atoms with Crippen LogP contribution < -0.4 is 10.9 Å². The number of anilines is 1. The number of pyridine rings is 1. The zero-order valence-corrected chi connectivity index (χ0v) is 20.9. The minimum Gasteiger partial charge on any atom is -0.363 e. The topological polar surface area (TPSA) is 140 Å². The number of nitrogens with zero attached hydrogens (tertiary/aromatic N) is 6. The van der Waals surface area contributed by atoms with E-state index < -0.39 is 12.3 Å². The Morgan fingerprint density at radius 3 is 2.74 bits per heavy atom. The van der Waals surface area contributed by atoms with E-state index in [0.29, 0.717) is 46.1 Å². The third kappa shape index (κ3) is 4.06. The molecule has 6 rings (SSSR count). The molecule has 1 unspecified atom stereocenters. The van der Waals surface area contributed by atoms with Gasteiger partial charge >= 0.3 is 0 Å². The molecule has 1 aliphatic heterocycles. The summed E-state index contributed by atoms with van der Waals surface area (Å²) in [6.45, 7) is 0. The van der Waals surface area contributed by atoms with Gasteiger partial charge in [0.05, 0.1) is 11.4 Å². The molecule has 0 saturated heterocycles. The highest BCUT2D eigenvalue weighted by molar-refractivity contribution is 6.31. The van der Waals surface area contributed by atoms with Crippen LogP contribution in [0.25, 0.3) is 27.7 Å². The van der Waals surface area contributed by atoms with E-state index in [2.05, 4.69) is 20.8 Å². The highest BCUT2D eigenvalue weighted by Gasteiger charge is 2.30. The number of benzene rings is 2. The van der Waals surface area contributed by atoms with E-state index in [1.165, 1.54) is 21.6 Å². The second kappa shape index (κ2) is 9.21. The number of aliphatic hydroxyl groups excluding tert-OH is 1. The lowest BCUT2D eigenvalue weighted by Gasteiger charge is -2.16. The Kier molecular flexibility index (Phi) is 5.83. The van der Waals surface area contributed by atoms with Crippen LogP contribution >= 0.6 is 11.6 Å². The van der Waals surface area contributed by atoms with Crippen LogP contribution in [0.1, 0.15) is 30.1 Å². The number of aryl methyl sites for hydroxylation is 2. The number of carbonyl (C=O) groups excluding carboxylic acids is 1. The van der Waals surface area contributed by atoms with E-state index in [4.69, 9.17) is 11.6 Å². The zero-order valence-electron chi connectivity index (χ0n) is 20.1. The highest BCUT2D eigenvalue weighted by Crippen LogP contribution is 2.33. The van der Waals surface area contributed by atoms with Gasteiger partial charge in [-0.05, 0) is 77.4 Å². The van der Waals surface area contributed by atoms with Crippen molar-refractivity contribution in [2.45, 2.75) is 25.2 Å². The molecule has 0 saturated carbocycles. The predicted octanol–water partition coefficient (Wildman–Crippen LogP) is 2.75. The van der Waals surface area contributed by atoms with Gasteiger partial charge in [0.1, 0.15) is 12.4 Å². The first kappa shape index (κ1) is 24.0. The minimum absolute atomic E-state index is 0.294. The molecule has 0 spiro atoms. The van der Waals surface area contributed by atoms with Crippen LogP contribution in [-0.4, -0.2) is 45.5 Å². The lowest BCUT2D eigenvalue weighted by atomic mass is 10.0. The molecule has 12 heteroatoms. The monoisotopic (exact) mass is 531 g/mol. The van der Waals surface area contributed by atoms with Crippen LogP contribution in [0, 0.1) is 0 Å². The van der Waals surface area contributed by atoms with Gasteiger partial charge in [-0.15, -0.1) is 5.10 Å². The summed E-state index contributed by atoms with van der Waals surface area (Å²) in [5.74, 6) is -0.298. The van der Waals surface area contributed by atoms with Crippen molar-refractivity contribution in [1.29, 1.82) is 0 Å². The molecule has 3 aromatic heterocycles. The molecule has 3 N–H and O–H groups in total. The fraction of sp³-hybridized carbons (Fsp3) is 0.192. The first-order chi connectivity index (χ1) is 18.3. The van der Waals surface area contributed by atoms with Crippen LogP contribution in [-0.2, 0) is 18.3 Å². The SMILES string of the molecule is Cn1c(C(O)O)cc2cc(NC(=O)C3CCc4cc(-c5cc(Cl)ccc5-n5cnnn5)cc(=O)n43)ccc21. The van der Waals surface area contributed by atoms with Gasteiger partial charge in [0, 0.05) is 46.0 Å². The van der Waals surface area contributed by atoms with Gasteiger partial charge in [-0.3, -0.25) is 9.59 Å². The van der Waals surface area contributed by atoms with Crippen LogP contribution in [0.15, 0.2) is 65.7 Å². The van der Waals surface area contributed by atoms with Crippen molar-refractivity contribution in [2.24, 2.45) is 7.05 Å². The molecule has 0 bridgehead atoms. The number of halogens is 1. The van der Waals surface area contributed by atoms with E-state index in [1.54, 1.807) is 54.1 Å². The van der Waals surface area contributed by atoms with Gasteiger partial charge in [0.2, 0.25) is 5.91 Å². The van der Waals surface area contributed by atoms with Crippen molar-refractivity contribution in [1.82, 2.24) is 29.3 Å². The molecule has 2 aromatic carbocycles. The number of amides is 1. The molecule has 5 aromatic rings. The van der Waals surface area contributed by atoms with E-state index in [-0.39, 0.29) is 11.5 Å². The lowest BCUT2D eigenvalue weighted by molar-refractivity contribution is -0.119. The molecule has 0 fully saturated rings. The van der Waals surface area contributed by atoms with E-state index >= 15 is 0 Å². The average molecular weight is 532 g/mol. The first-order valence-corrected chi connectivity index (χ1v) is 12.2. The number of nitrogens with one attached hydrogen (secondary N) is 1. The molecule has 1 aliphatic rings. The molecular weight excluding hydrogens is 510 g/mol. The fourth-order valence-corrected chi connectivity index (χ4v) is 5.30. The summed E-state index contributed by atoms with van der Waals surface area (Å²) >= 11 is 6.27. The number of carbonyl (C=O) groups is 1. The molecule has 0 radical (unpaired) electrons. The Bertz CT molecular complexity index is 1760. The minimum atomic E-state index is -1.60. The normalized spacial score (nSPS) is 14.8. The van der Waals surface area contributed by atoms with Crippen molar-refractivity contribution >= 4 is 34.1 Å². The third-order valence-electron chi connectivity index (χ3n) is 6.91. The Balaban J connectivity index is 1.31. The molecule has 4 heterocycles.